The Morgan fingerprint density at radius 2 is 1.00 bits per heavy atom. The van der Waals surface area contributed by atoms with E-state index in [2.05, 4.69) is 10.6 Å². The van der Waals surface area contributed by atoms with Gasteiger partial charge in [-0.15, -0.1) is 0 Å². The maximum absolute atomic E-state index is 12.0. The molecule has 10 heteroatoms. The fraction of sp³-hybridized carbons (Fsp3) is 0.481. The lowest BCUT2D eigenvalue weighted by molar-refractivity contribution is -0.00108. The predicted octanol–water partition coefficient (Wildman–Crippen LogP) is 3.95. The van der Waals surface area contributed by atoms with Gasteiger partial charge in [-0.1, -0.05) is 24.3 Å². The molecule has 4 unspecified atom stereocenters. The van der Waals surface area contributed by atoms with E-state index in [0.717, 1.165) is 11.1 Å². The van der Waals surface area contributed by atoms with Gasteiger partial charge in [-0.05, 0) is 69.5 Å². The van der Waals surface area contributed by atoms with Gasteiger partial charge in [0.1, 0.15) is 12.2 Å². The van der Waals surface area contributed by atoms with Crippen molar-refractivity contribution in [3.05, 3.63) is 59.7 Å². The van der Waals surface area contributed by atoms with Crippen molar-refractivity contribution in [1.82, 2.24) is 0 Å². The molecule has 0 bridgehead atoms. The second-order valence-electron chi connectivity index (χ2n) is 9.03. The van der Waals surface area contributed by atoms with Crippen molar-refractivity contribution in [2.45, 2.75) is 58.5 Å². The number of aliphatic hydroxyl groups is 2. The van der Waals surface area contributed by atoms with E-state index in [9.17, 15) is 19.8 Å². The molecule has 2 aromatic rings. The lowest BCUT2D eigenvalue weighted by atomic mass is 10.0. The van der Waals surface area contributed by atoms with E-state index in [1.165, 1.54) is 0 Å². The fourth-order valence-corrected chi connectivity index (χ4v) is 3.18. The van der Waals surface area contributed by atoms with Gasteiger partial charge < -0.3 is 29.2 Å². The third kappa shape index (κ3) is 13.1. The molecule has 0 aliphatic heterocycles. The third-order valence-corrected chi connectivity index (χ3v) is 4.85. The molecule has 2 aromatic carbocycles. The highest BCUT2D eigenvalue weighted by molar-refractivity contribution is 5.85. The smallest absolute Gasteiger partial charge is 0.411 e. The van der Waals surface area contributed by atoms with Gasteiger partial charge in [0, 0.05) is 11.4 Å². The van der Waals surface area contributed by atoms with Gasteiger partial charge in [-0.2, -0.15) is 0 Å². The summed E-state index contributed by atoms with van der Waals surface area (Å²) in [5.41, 5.74) is 3.30. The maximum Gasteiger partial charge on any atom is 0.411 e. The monoisotopic (exact) mass is 518 g/mol. The SMILES string of the molecule is CC(O)COCC(C)OC(=O)Nc1ccc(Cc2ccc(NC(=O)OC(C)COCC(C)O)cc2)cc1. The highest BCUT2D eigenvalue weighted by Gasteiger charge is 2.12. The minimum atomic E-state index is -0.579. The Balaban J connectivity index is 1.75. The van der Waals surface area contributed by atoms with Gasteiger partial charge in [0.15, 0.2) is 0 Å². The van der Waals surface area contributed by atoms with Crippen LogP contribution in [0.3, 0.4) is 0 Å². The van der Waals surface area contributed by atoms with Crippen LogP contribution in [-0.2, 0) is 25.4 Å². The summed E-state index contributed by atoms with van der Waals surface area (Å²) in [4.78, 5) is 24.1. The standard InChI is InChI=1S/C27H38N2O8/c1-18(30)14-34-16-20(3)36-26(32)28-24-9-5-22(6-10-24)13-23-7-11-25(12-8-23)29-27(33)37-21(4)17-35-15-19(2)31/h5-12,18-21,30-31H,13-17H2,1-4H3,(H,28,32)(H,29,33). The van der Waals surface area contributed by atoms with Crippen LogP contribution in [0.25, 0.3) is 0 Å². The Morgan fingerprint density at radius 3 is 1.32 bits per heavy atom. The average Bonchev–Trinajstić information content (AvgIpc) is 2.81. The summed E-state index contributed by atoms with van der Waals surface area (Å²) in [6.07, 6.45) is -2.52. The van der Waals surface area contributed by atoms with Crippen molar-refractivity contribution < 1.29 is 38.7 Å². The molecule has 0 heterocycles. The van der Waals surface area contributed by atoms with E-state index in [0.29, 0.717) is 17.8 Å². The number of carbonyl (C=O) groups excluding carboxylic acids is 2. The largest absolute Gasteiger partial charge is 0.444 e. The number of rotatable bonds is 14. The Bertz CT molecular complexity index is 870. The number of ether oxygens (including phenoxy) is 4. The van der Waals surface area contributed by atoms with Crippen molar-refractivity contribution in [3.63, 3.8) is 0 Å². The van der Waals surface area contributed by atoms with Crippen LogP contribution in [0.1, 0.15) is 38.8 Å². The molecular formula is C27H38N2O8. The van der Waals surface area contributed by atoms with Crippen LogP contribution in [0.4, 0.5) is 21.0 Å². The van der Waals surface area contributed by atoms with Crippen LogP contribution < -0.4 is 10.6 Å². The van der Waals surface area contributed by atoms with E-state index in [-0.39, 0.29) is 26.4 Å². The summed E-state index contributed by atoms with van der Waals surface area (Å²) in [5.74, 6) is 0. The normalized spacial score (nSPS) is 14.2. The zero-order valence-electron chi connectivity index (χ0n) is 21.8. The molecule has 0 fully saturated rings. The van der Waals surface area contributed by atoms with Gasteiger partial charge in [0.2, 0.25) is 0 Å². The van der Waals surface area contributed by atoms with Gasteiger partial charge in [-0.3, -0.25) is 10.6 Å². The minimum Gasteiger partial charge on any atom is -0.444 e. The Morgan fingerprint density at radius 1 is 0.649 bits per heavy atom. The van der Waals surface area contributed by atoms with Crippen LogP contribution >= 0.6 is 0 Å². The molecule has 0 spiro atoms. The first-order valence-corrected chi connectivity index (χ1v) is 12.3. The Labute approximate surface area is 217 Å². The number of hydrogen-bond donors (Lipinski definition) is 4. The molecule has 4 atom stereocenters. The molecule has 204 valence electrons. The maximum atomic E-state index is 12.0. The van der Waals surface area contributed by atoms with Crippen LogP contribution in [-0.4, -0.2) is 73.2 Å². The molecule has 0 aromatic heterocycles. The fourth-order valence-electron chi connectivity index (χ4n) is 3.18. The second kappa shape index (κ2) is 15.8. The quantitative estimate of drug-likeness (QED) is 0.295. The van der Waals surface area contributed by atoms with Gasteiger partial charge >= 0.3 is 12.2 Å². The lowest BCUT2D eigenvalue weighted by Gasteiger charge is -2.15. The van der Waals surface area contributed by atoms with E-state index < -0.39 is 36.6 Å². The van der Waals surface area contributed by atoms with E-state index in [1.54, 1.807) is 52.0 Å². The molecule has 0 radical (unpaired) electrons. The number of anilines is 2. The van der Waals surface area contributed by atoms with Crippen molar-refractivity contribution in [2.75, 3.05) is 37.1 Å². The number of nitrogens with one attached hydrogen (secondary N) is 2. The Kier molecular flexibility index (Phi) is 12.9. The number of amides is 2. The third-order valence-electron chi connectivity index (χ3n) is 4.85. The number of aliphatic hydroxyl groups excluding tert-OH is 2. The minimum absolute atomic E-state index is 0.184. The first-order chi connectivity index (χ1) is 17.6. The highest BCUT2D eigenvalue weighted by atomic mass is 16.6. The molecule has 4 N–H and O–H groups in total. The number of carbonyl (C=O) groups is 2. The molecule has 37 heavy (non-hydrogen) atoms. The molecule has 0 aliphatic rings. The van der Waals surface area contributed by atoms with Gasteiger partial charge in [-0.25, -0.2) is 9.59 Å². The summed E-state index contributed by atoms with van der Waals surface area (Å²) in [6.45, 7) is 7.44. The molecular weight excluding hydrogens is 480 g/mol. The van der Waals surface area contributed by atoms with E-state index in [4.69, 9.17) is 18.9 Å². The molecule has 2 amide bonds. The van der Waals surface area contributed by atoms with E-state index >= 15 is 0 Å². The zero-order valence-corrected chi connectivity index (χ0v) is 21.8. The highest BCUT2D eigenvalue weighted by Crippen LogP contribution is 2.17. The summed E-state index contributed by atoms with van der Waals surface area (Å²) < 4.78 is 21.0. The first-order valence-electron chi connectivity index (χ1n) is 12.3. The molecule has 2 rings (SSSR count). The molecule has 0 saturated carbocycles. The average molecular weight is 519 g/mol. The van der Waals surface area contributed by atoms with Crippen molar-refractivity contribution in [1.29, 1.82) is 0 Å². The molecule has 10 nitrogen and oxygen atoms in total. The summed E-state index contributed by atoms with van der Waals surface area (Å²) in [5, 5.41) is 23.7. The molecule has 0 saturated heterocycles. The summed E-state index contributed by atoms with van der Waals surface area (Å²) >= 11 is 0. The number of hydrogen-bond acceptors (Lipinski definition) is 8. The van der Waals surface area contributed by atoms with Crippen LogP contribution in [0.15, 0.2) is 48.5 Å². The molecule has 0 aliphatic carbocycles. The van der Waals surface area contributed by atoms with Crippen LogP contribution in [0, 0.1) is 0 Å². The summed E-state index contributed by atoms with van der Waals surface area (Å²) in [6, 6.07) is 14.8. The van der Waals surface area contributed by atoms with E-state index in [1.807, 2.05) is 24.3 Å². The van der Waals surface area contributed by atoms with Gasteiger partial charge in [0.05, 0.1) is 38.6 Å². The predicted molar refractivity (Wildman–Crippen MR) is 140 cm³/mol. The Hall–Kier alpha value is -3.18. The van der Waals surface area contributed by atoms with Crippen molar-refractivity contribution in [3.8, 4) is 0 Å². The van der Waals surface area contributed by atoms with Gasteiger partial charge in [0.25, 0.3) is 0 Å². The summed E-state index contributed by atoms with van der Waals surface area (Å²) in [7, 11) is 0. The van der Waals surface area contributed by atoms with Crippen molar-refractivity contribution >= 4 is 23.6 Å². The zero-order chi connectivity index (χ0) is 27.2. The first kappa shape index (κ1) is 30.0. The van der Waals surface area contributed by atoms with Crippen molar-refractivity contribution in [2.24, 2.45) is 0 Å². The van der Waals surface area contributed by atoms with Crippen LogP contribution in [0.5, 0.6) is 0 Å². The van der Waals surface area contributed by atoms with Crippen LogP contribution in [0.2, 0.25) is 0 Å². The topological polar surface area (TPSA) is 136 Å². The second-order valence-corrected chi connectivity index (χ2v) is 9.03. The number of benzene rings is 2. The lowest BCUT2D eigenvalue weighted by Crippen LogP contribution is -2.25.